The summed E-state index contributed by atoms with van der Waals surface area (Å²) in [6.45, 7) is 0. The van der Waals surface area contributed by atoms with E-state index in [1.54, 1.807) is 0 Å². The van der Waals surface area contributed by atoms with Gasteiger partial charge in [0.2, 0.25) is 11.2 Å². The summed E-state index contributed by atoms with van der Waals surface area (Å²) in [5.41, 5.74) is -1.72. The molecule has 3 aromatic carbocycles. The van der Waals surface area contributed by atoms with Crippen molar-refractivity contribution in [1.29, 1.82) is 0 Å². The summed E-state index contributed by atoms with van der Waals surface area (Å²) in [6.07, 6.45) is -5.09. The van der Waals surface area contributed by atoms with Crippen LogP contribution in [0.1, 0.15) is 16.1 Å². The van der Waals surface area contributed by atoms with Gasteiger partial charge in [0.25, 0.3) is 5.76 Å². The van der Waals surface area contributed by atoms with Crippen LogP contribution >= 0.6 is 11.6 Å². The van der Waals surface area contributed by atoms with Crippen LogP contribution in [0.15, 0.2) is 75.9 Å². The first-order chi connectivity index (χ1) is 15.6. The third-order valence-electron chi connectivity index (χ3n) is 4.40. The topological polar surface area (TPSA) is 65.7 Å². The van der Waals surface area contributed by atoms with E-state index in [0.717, 1.165) is 24.3 Å². The second-order valence-electron chi connectivity index (χ2n) is 6.68. The van der Waals surface area contributed by atoms with Gasteiger partial charge in [-0.25, -0.2) is 9.18 Å². The zero-order valence-corrected chi connectivity index (χ0v) is 17.0. The van der Waals surface area contributed by atoms with Gasteiger partial charge < -0.3 is 13.9 Å². The standard InChI is InChI=1S/C23H11ClF4O5/c24-16-6-1-2-7-17(16)32-20-19(29)15-9-8-14(11-18(15)33-21(20)23(26,27)28)31-22(30)12-4-3-5-13(25)10-12/h1-11H. The fourth-order valence-corrected chi connectivity index (χ4v) is 3.09. The molecule has 0 saturated heterocycles. The van der Waals surface area contributed by atoms with Crippen LogP contribution in [-0.4, -0.2) is 5.97 Å². The molecule has 0 radical (unpaired) electrons. The van der Waals surface area contributed by atoms with Crippen LogP contribution in [0.2, 0.25) is 5.02 Å². The average molecular weight is 479 g/mol. The fraction of sp³-hybridized carbons (Fsp3) is 0.0435. The zero-order chi connectivity index (χ0) is 23.8. The normalized spacial score (nSPS) is 11.4. The summed E-state index contributed by atoms with van der Waals surface area (Å²) in [4.78, 5) is 25.0. The molecular weight excluding hydrogens is 468 g/mol. The highest BCUT2D eigenvalue weighted by Crippen LogP contribution is 2.39. The summed E-state index contributed by atoms with van der Waals surface area (Å²) in [7, 11) is 0. The molecule has 1 heterocycles. The number of halogens is 5. The van der Waals surface area contributed by atoms with Gasteiger partial charge in [-0.05, 0) is 42.5 Å². The van der Waals surface area contributed by atoms with Crippen LogP contribution in [0.25, 0.3) is 11.0 Å². The summed E-state index contributed by atoms with van der Waals surface area (Å²) in [5.74, 6) is -4.79. The lowest BCUT2D eigenvalue weighted by atomic mass is 10.2. The number of fused-ring (bicyclic) bond motifs is 1. The highest BCUT2D eigenvalue weighted by atomic mass is 35.5. The lowest BCUT2D eigenvalue weighted by molar-refractivity contribution is -0.154. The number of benzene rings is 3. The average Bonchev–Trinajstić information content (AvgIpc) is 2.76. The number of hydrogen-bond donors (Lipinski definition) is 0. The van der Waals surface area contributed by atoms with Gasteiger partial charge in [-0.15, -0.1) is 0 Å². The van der Waals surface area contributed by atoms with E-state index in [-0.39, 0.29) is 27.5 Å². The third-order valence-corrected chi connectivity index (χ3v) is 4.71. The molecule has 33 heavy (non-hydrogen) atoms. The molecule has 0 fully saturated rings. The summed E-state index contributed by atoms with van der Waals surface area (Å²) < 4.78 is 69.5. The molecule has 0 amide bonds. The molecule has 0 saturated carbocycles. The Morgan fingerprint density at radius 3 is 2.42 bits per heavy atom. The smallest absolute Gasteiger partial charge is 0.448 e. The van der Waals surface area contributed by atoms with Crippen molar-refractivity contribution >= 4 is 28.5 Å². The molecule has 0 bridgehead atoms. The van der Waals surface area contributed by atoms with Crippen molar-refractivity contribution < 1.29 is 36.2 Å². The lowest BCUT2D eigenvalue weighted by Crippen LogP contribution is -2.16. The van der Waals surface area contributed by atoms with Crippen molar-refractivity contribution in [3.05, 3.63) is 99.1 Å². The Labute approximate surface area is 187 Å². The maximum Gasteiger partial charge on any atom is 0.453 e. The van der Waals surface area contributed by atoms with E-state index in [2.05, 4.69) is 0 Å². The lowest BCUT2D eigenvalue weighted by Gasteiger charge is -2.14. The summed E-state index contributed by atoms with van der Waals surface area (Å²) in [6, 6.07) is 13.6. The predicted molar refractivity (Wildman–Crippen MR) is 110 cm³/mol. The predicted octanol–water partition coefficient (Wildman–Crippen LogP) is 6.62. The minimum atomic E-state index is -5.09. The molecule has 168 valence electrons. The van der Waals surface area contributed by atoms with Gasteiger partial charge in [-0.3, -0.25) is 4.79 Å². The number of alkyl halides is 3. The van der Waals surface area contributed by atoms with Crippen LogP contribution in [-0.2, 0) is 6.18 Å². The van der Waals surface area contributed by atoms with E-state index in [4.69, 9.17) is 25.5 Å². The number of carbonyl (C=O) groups is 1. The molecule has 4 aromatic rings. The Hall–Kier alpha value is -3.85. The van der Waals surface area contributed by atoms with E-state index in [1.807, 2.05) is 0 Å². The van der Waals surface area contributed by atoms with E-state index in [1.165, 1.54) is 42.5 Å². The molecule has 0 aliphatic rings. The van der Waals surface area contributed by atoms with Gasteiger partial charge in [0.1, 0.15) is 22.9 Å². The minimum absolute atomic E-state index is 0.00951. The van der Waals surface area contributed by atoms with Crippen molar-refractivity contribution in [2.45, 2.75) is 6.18 Å². The molecule has 0 atom stereocenters. The second-order valence-corrected chi connectivity index (χ2v) is 7.08. The number of carbonyl (C=O) groups excluding carboxylic acids is 1. The summed E-state index contributed by atoms with van der Waals surface area (Å²) in [5, 5.41) is -0.264. The number of rotatable bonds is 4. The Kier molecular flexibility index (Phi) is 5.82. The van der Waals surface area contributed by atoms with Crippen molar-refractivity contribution in [3.8, 4) is 17.2 Å². The van der Waals surface area contributed by atoms with Gasteiger partial charge in [0.05, 0.1) is 16.0 Å². The van der Waals surface area contributed by atoms with E-state index < -0.39 is 40.5 Å². The van der Waals surface area contributed by atoms with Crippen molar-refractivity contribution in [3.63, 3.8) is 0 Å². The molecule has 10 heteroatoms. The van der Waals surface area contributed by atoms with Crippen LogP contribution in [0, 0.1) is 5.82 Å². The molecule has 0 N–H and O–H groups in total. The highest BCUT2D eigenvalue weighted by molar-refractivity contribution is 6.32. The van der Waals surface area contributed by atoms with Crippen LogP contribution in [0.3, 0.4) is 0 Å². The molecule has 0 unspecified atom stereocenters. The molecule has 0 aliphatic carbocycles. The first-order valence-electron chi connectivity index (χ1n) is 9.21. The number of esters is 1. The molecule has 5 nitrogen and oxygen atoms in total. The number of para-hydroxylation sites is 1. The Morgan fingerprint density at radius 1 is 0.970 bits per heavy atom. The molecule has 4 rings (SSSR count). The van der Waals surface area contributed by atoms with E-state index in [0.29, 0.717) is 0 Å². The van der Waals surface area contributed by atoms with Gasteiger partial charge in [-0.1, -0.05) is 29.8 Å². The van der Waals surface area contributed by atoms with E-state index in [9.17, 15) is 27.2 Å². The highest BCUT2D eigenvalue weighted by Gasteiger charge is 2.40. The number of hydrogen-bond acceptors (Lipinski definition) is 5. The maximum atomic E-state index is 13.7. The van der Waals surface area contributed by atoms with Crippen LogP contribution in [0.5, 0.6) is 17.2 Å². The largest absolute Gasteiger partial charge is 0.453 e. The first-order valence-corrected chi connectivity index (χ1v) is 9.59. The monoisotopic (exact) mass is 478 g/mol. The fourth-order valence-electron chi connectivity index (χ4n) is 2.92. The zero-order valence-electron chi connectivity index (χ0n) is 16.3. The van der Waals surface area contributed by atoms with Gasteiger partial charge in [-0.2, -0.15) is 13.2 Å². The Morgan fingerprint density at radius 2 is 1.73 bits per heavy atom. The quantitative estimate of drug-likeness (QED) is 0.187. The molecule has 0 spiro atoms. The second kappa shape index (κ2) is 8.59. The van der Waals surface area contributed by atoms with Crippen molar-refractivity contribution in [1.82, 2.24) is 0 Å². The van der Waals surface area contributed by atoms with Crippen molar-refractivity contribution in [2.75, 3.05) is 0 Å². The Balaban J connectivity index is 1.77. The molecule has 1 aromatic heterocycles. The van der Waals surface area contributed by atoms with Crippen molar-refractivity contribution in [2.24, 2.45) is 0 Å². The third kappa shape index (κ3) is 4.68. The van der Waals surface area contributed by atoms with Gasteiger partial charge in [0, 0.05) is 6.07 Å². The molecular formula is C23H11ClF4O5. The van der Waals surface area contributed by atoms with Crippen LogP contribution in [0.4, 0.5) is 17.6 Å². The summed E-state index contributed by atoms with van der Waals surface area (Å²) >= 11 is 5.93. The SMILES string of the molecule is O=C(Oc1ccc2c(=O)c(Oc3ccccc3Cl)c(C(F)(F)F)oc2c1)c1cccc(F)c1. The van der Waals surface area contributed by atoms with Gasteiger partial charge in [0.15, 0.2) is 0 Å². The maximum absolute atomic E-state index is 13.7. The van der Waals surface area contributed by atoms with Crippen LogP contribution < -0.4 is 14.9 Å². The van der Waals surface area contributed by atoms with Gasteiger partial charge >= 0.3 is 12.1 Å². The first kappa shape index (κ1) is 22.3. The van der Waals surface area contributed by atoms with E-state index >= 15 is 0 Å². The molecule has 0 aliphatic heterocycles. The number of ether oxygens (including phenoxy) is 2. The minimum Gasteiger partial charge on any atom is -0.448 e. The Bertz CT molecular complexity index is 1430.